The van der Waals surface area contributed by atoms with Crippen LogP contribution in [0.2, 0.25) is 0 Å². The Balaban J connectivity index is 2.57. The van der Waals surface area contributed by atoms with Gasteiger partial charge in [0.2, 0.25) is 0 Å². The molecule has 0 aliphatic heterocycles. The lowest BCUT2D eigenvalue weighted by molar-refractivity contribution is -0.141. The highest BCUT2D eigenvalue weighted by Crippen LogP contribution is 2.65. The minimum absolute atomic E-state index is 0.207. The van der Waals surface area contributed by atoms with Gasteiger partial charge >= 0.3 is 5.97 Å². The summed E-state index contributed by atoms with van der Waals surface area (Å²) < 4.78 is 5.33. The van der Waals surface area contributed by atoms with Gasteiger partial charge in [-0.25, -0.2) is 0 Å². The Kier molecular flexibility index (Phi) is 2.45. The molecule has 1 atom stereocenters. The van der Waals surface area contributed by atoms with Crippen LogP contribution >= 0.6 is 0 Å². The highest BCUT2D eigenvalue weighted by atomic mass is 16.5. The van der Waals surface area contributed by atoms with Gasteiger partial charge in [0.15, 0.2) is 0 Å². The predicted octanol–water partition coefficient (Wildman–Crippen LogP) is 2.76. The Hall–Kier alpha value is -1.51. The standard InChI is InChI=1S/C14H18O3/c1-9-5-6-10(11(7-9)17-4)14(12(15)16)8-13(14,2)3/h5-7H,8H2,1-4H3,(H,15,16). The van der Waals surface area contributed by atoms with E-state index in [0.717, 1.165) is 11.1 Å². The Morgan fingerprint density at radius 1 is 1.41 bits per heavy atom. The van der Waals surface area contributed by atoms with Crippen molar-refractivity contribution in [2.24, 2.45) is 5.41 Å². The van der Waals surface area contributed by atoms with E-state index in [1.54, 1.807) is 7.11 Å². The number of aliphatic carboxylic acids is 1. The SMILES string of the molecule is COc1cc(C)ccc1C1(C(=O)O)CC1(C)C. The first-order chi connectivity index (χ1) is 7.85. The predicted molar refractivity (Wildman–Crippen MR) is 65.4 cm³/mol. The van der Waals surface area contributed by atoms with E-state index >= 15 is 0 Å². The van der Waals surface area contributed by atoms with Crippen molar-refractivity contribution in [3.63, 3.8) is 0 Å². The van der Waals surface area contributed by atoms with E-state index in [9.17, 15) is 9.90 Å². The van der Waals surface area contributed by atoms with Crippen LogP contribution in [0.3, 0.4) is 0 Å². The molecule has 1 saturated carbocycles. The summed E-state index contributed by atoms with van der Waals surface area (Å²) in [5, 5.41) is 9.53. The number of rotatable bonds is 3. The lowest BCUT2D eigenvalue weighted by Crippen LogP contribution is -2.26. The summed E-state index contributed by atoms with van der Waals surface area (Å²) in [7, 11) is 1.59. The molecule has 3 nitrogen and oxygen atoms in total. The lowest BCUT2D eigenvalue weighted by atomic mass is 9.87. The number of hydrogen-bond acceptors (Lipinski definition) is 2. The molecule has 0 heterocycles. The number of methoxy groups -OCH3 is 1. The maximum Gasteiger partial charge on any atom is 0.314 e. The van der Waals surface area contributed by atoms with Crippen molar-refractivity contribution < 1.29 is 14.6 Å². The zero-order valence-corrected chi connectivity index (χ0v) is 10.7. The third kappa shape index (κ3) is 1.53. The zero-order chi connectivity index (χ0) is 12.8. The number of benzene rings is 1. The minimum atomic E-state index is -0.786. The van der Waals surface area contributed by atoms with Gasteiger partial charge in [-0.15, -0.1) is 0 Å². The molecule has 1 aromatic rings. The molecule has 0 spiro atoms. The first-order valence-corrected chi connectivity index (χ1v) is 5.74. The number of carbonyl (C=O) groups is 1. The summed E-state index contributed by atoms with van der Waals surface area (Å²) in [6.45, 7) is 5.94. The van der Waals surface area contributed by atoms with Gasteiger partial charge in [0.05, 0.1) is 7.11 Å². The average Bonchev–Trinajstić information content (AvgIpc) is 2.83. The molecule has 1 fully saturated rings. The van der Waals surface area contributed by atoms with E-state index in [-0.39, 0.29) is 5.41 Å². The van der Waals surface area contributed by atoms with Crippen molar-refractivity contribution in [3.05, 3.63) is 29.3 Å². The molecule has 1 aromatic carbocycles. The van der Waals surface area contributed by atoms with Crippen molar-refractivity contribution in [2.45, 2.75) is 32.6 Å². The minimum Gasteiger partial charge on any atom is -0.496 e. The molecular weight excluding hydrogens is 216 g/mol. The Morgan fingerprint density at radius 2 is 2.00 bits per heavy atom. The highest BCUT2D eigenvalue weighted by molar-refractivity contribution is 5.88. The maximum atomic E-state index is 11.6. The quantitative estimate of drug-likeness (QED) is 0.874. The zero-order valence-electron chi connectivity index (χ0n) is 10.7. The van der Waals surface area contributed by atoms with Gasteiger partial charge in [-0.2, -0.15) is 0 Å². The molecule has 1 aliphatic rings. The highest BCUT2D eigenvalue weighted by Gasteiger charge is 2.68. The molecule has 0 amide bonds. The Morgan fingerprint density at radius 3 is 2.41 bits per heavy atom. The molecule has 2 rings (SSSR count). The summed E-state index contributed by atoms with van der Waals surface area (Å²) in [5.74, 6) is -0.0809. The van der Waals surface area contributed by atoms with E-state index in [0.29, 0.717) is 12.2 Å². The van der Waals surface area contributed by atoms with Crippen LogP contribution in [0, 0.1) is 12.3 Å². The number of aryl methyl sites for hydroxylation is 1. The van der Waals surface area contributed by atoms with Crippen molar-refractivity contribution in [1.29, 1.82) is 0 Å². The molecule has 0 bridgehead atoms. The fourth-order valence-corrected chi connectivity index (χ4v) is 2.71. The molecule has 17 heavy (non-hydrogen) atoms. The summed E-state index contributed by atoms with van der Waals surface area (Å²) in [6.07, 6.45) is 0.661. The number of ether oxygens (including phenoxy) is 1. The fourth-order valence-electron chi connectivity index (χ4n) is 2.71. The molecule has 3 heteroatoms. The summed E-state index contributed by atoms with van der Waals surface area (Å²) in [6, 6.07) is 5.72. The number of carboxylic acids is 1. The van der Waals surface area contributed by atoms with Crippen molar-refractivity contribution >= 4 is 5.97 Å². The number of carboxylic acid groups (broad SMARTS) is 1. The van der Waals surface area contributed by atoms with Crippen LogP contribution in [0.1, 0.15) is 31.4 Å². The van der Waals surface area contributed by atoms with Gasteiger partial charge in [-0.05, 0) is 30.4 Å². The molecule has 1 unspecified atom stereocenters. The third-order valence-corrected chi connectivity index (χ3v) is 3.92. The summed E-state index contributed by atoms with van der Waals surface area (Å²) >= 11 is 0. The molecule has 0 radical (unpaired) electrons. The van der Waals surface area contributed by atoms with Gasteiger partial charge in [-0.3, -0.25) is 4.79 Å². The Labute approximate surface area is 101 Å². The van der Waals surface area contributed by atoms with Gasteiger partial charge in [0.1, 0.15) is 11.2 Å². The maximum absolute atomic E-state index is 11.6. The van der Waals surface area contributed by atoms with Gasteiger partial charge in [-0.1, -0.05) is 26.0 Å². The topological polar surface area (TPSA) is 46.5 Å². The second-order valence-electron chi connectivity index (χ2n) is 5.47. The van der Waals surface area contributed by atoms with Gasteiger partial charge < -0.3 is 9.84 Å². The largest absolute Gasteiger partial charge is 0.496 e. The molecule has 1 N–H and O–H groups in total. The van der Waals surface area contributed by atoms with Crippen LogP contribution in [-0.4, -0.2) is 18.2 Å². The monoisotopic (exact) mass is 234 g/mol. The molecule has 1 aliphatic carbocycles. The van der Waals surface area contributed by atoms with Crippen molar-refractivity contribution in [3.8, 4) is 5.75 Å². The molecular formula is C14H18O3. The summed E-state index contributed by atoms with van der Waals surface area (Å²) in [4.78, 5) is 11.6. The normalized spacial score (nSPS) is 25.4. The van der Waals surface area contributed by atoms with E-state index in [1.165, 1.54) is 0 Å². The van der Waals surface area contributed by atoms with Crippen LogP contribution in [0.4, 0.5) is 0 Å². The second kappa shape index (κ2) is 3.49. The van der Waals surface area contributed by atoms with E-state index in [4.69, 9.17) is 4.74 Å². The molecule has 0 aromatic heterocycles. The smallest absolute Gasteiger partial charge is 0.314 e. The first-order valence-electron chi connectivity index (χ1n) is 5.74. The van der Waals surface area contributed by atoms with Crippen molar-refractivity contribution in [2.75, 3.05) is 7.11 Å². The Bertz CT molecular complexity index is 476. The van der Waals surface area contributed by atoms with E-state index in [2.05, 4.69) is 0 Å². The van der Waals surface area contributed by atoms with Crippen LogP contribution in [0.5, 0.6) is 5.75 Å². The first kappa shape index (κ1) is 12.0. The van der Waals surface area contributed by atoms with Crippen LogP contribution in [0.15, 0.2) is 18.2 Å². The van der Waals surface area contributed by atoms with Crippen LogP contribution in [0.25, 0.3) is 0 Å². The van der Waals surface area contributed by atoms with Crippen LogP contribution in [-0.2, 0) is 10.2 Å². The molecule has 92 valence electrons. The van der Waals surface area contributed by atoms with Gasteiger partial charge in [0.25, 0.3) is 0 Å². The lowest BCUT2D eigenvalue weighted by Gasteiger charge is -2.19. The fraction of sp³-hybridized carbons (Fsp3) is 0.500. The third-order valence-electron chi connectivity index (χ3n) is 3.92. The molecule has 0 saturated heterocycles. The van der Waals surface area contributed by atoms with E-state index in [1.807, 2.05) is 39.0 Å². The average molecular weight is 234 g/mol. The summed E-state index contributed by atoms with van der Waals surface area (Å²) in [5.41, 5.74) is 0.876. The second-order valence-corrected chi connectivity index (χ2v) is 5.47. The van der Waals surface area contributed by atoms with Gasteiger partial charge in [0, 0.05) is 5.56 Å². The van der Waals surface area contributed by atoms with Crippen molar-refractivity contribution in [1.82, 2.24) is 0 Å². The van der Waals surface area contributed by atoms with E-state index < -0.39 is 11.4 Å². The van der Waals surface area contributed by atoms with Crippen LogP contribution < -0.4 is 4.74 Å². The number of hydrogen-bond donors (Lipinski definition) is 1.